The van der Waals surface area contributed by atoms with Crippen LogP contribution in [0, 0.1) is 0 Å². The van der Waals surface area contributed by atoms with E-state index in [0.717, 1.165) is 4.31 Å². The van der Waals surface area contributed by atoms with E-state index < -0.39 is 28.4 Å². The number of para-hydroxylation sites is 2. The van der Waals surface area contributed by atoms with Gasteiger partial charge in [-0.3, -0.25) is 13.9 Å². The Hall–Kier alpha value is -3.98. The first-order valence-corrected chi connectivity index (χ1v) is 10.8. The Morgan fingerprint density at radius 1 is 0.903 bits per heavy atom. The topological polar surface area (TPSA) is 108 Å². The molecule has 9 heteroatoms. The second kappa shape index (κ2) is 8.41. The van der Waals surface area contributed by atoms with Gasteiger partial charge in [0.1, 0.15) is 6.54 Å². The van der Waals surface area contributed by atoms with Crippen molar-refractivity contribution in [1.82, 2.24) is 5.43 Å². The van der Waals surface area contributed by atoms with E-state index in [9.17, 15) is 18.0 Å². The number of carbonyl (C=O) groups is 2. The Morgan fingerprint density at radius 2 is 1.52 bits per heavy atom. The van der Waals surface area contributed by atoms with Crippen molar-refractivity contribution in [3.8, 4) is 0 Å². The zero-order valence-electron chi connectivity index (χ0n) is 16.2. The fourth-order valence-corrected chi connectivity index (χ4v) is 4.57. The molecule has 1 heterocycles. The molecule has 1 aliphatic heterocycles. The summed E-state index contributed by atoms with van der Waals surface area (Å²) in [6.45, 7) is -0.513. The van der Waals surface area contributed by atoms with Gasteiger partial charge in [0.15, 0.2) is 5.71 Å². The average Bonchev–Trinajstić information content (AvgIpc) is 3.12. The summed E-state index contributed by atoms with van der Waals surface area (Å²) in [6, 6.07) is 23.1. The van der Waals surface area contributed by atoms with Gasteiger partial charge in [0.25, 0.3) is 21.8 Å². The number of hydrogen-bond acceptors (Lipinski definition) is 5. The molecule has 0 unspecified atom stereocenters. The molecule has 0 radical (unpaired) electrons. The first kappa shape index (κ1) is 20.3. The monoisotopic (exact) mass is 434 g/mol. The highest BCUT2D eigenvalue weighted by Crippen LogP contribution is 2.24. The van der Waals surface area contributed by atoms with Crippen LogP contribution >= 0.6 is 0 Å². The van der Waals surface area contributed by atoms with Crippen molar-refractivity contribution in [2.24, 2.45) is 5.10 Å². The standard InChI is InChI=1S/C22H18N4O4S/c27-20(24-25-21-18-13-7-8-14-19(18)23-22(21)28)15-26(16-9-3-1-4-10-16)31(29,30)17-11-5-2-6-12-17/h1-14H,15H2,(H,24,27)(H,23,25,28). The maximum Gasteiger partial charge on any atom is 0.276 e. The SMILES string of the molecule is O=C(CN(c1ccccc1)S(=O)(=O)c1ccccc1)N/N=C1\C(=O)Nc2ccccc21. The molecule has 1 aliphatic rings. The van der Waals surface area contributed by atoms with Crippen LogP contribution < -0.4 is 15.0 Å². The predicted molar refractivity (Wildman–Crippen MR) is 117 cm³/mol. The first-order chi connectivity index (χ1) is 15.0. The van der Waals surface area contributed by atoms with E-state index >= 15 is 0 Å². The Morgan fingerprint density at radius 3 is 2.23 bits per heavy atom. The maximum atomic E-state index is 13.2. The average molecular weight is 434 g/mol. The second-order valence-corrected chi connectivity index (χ2v) is 8.52. The summed E-state index contributed by atoms with van der Waals surface area (Å²) in [5.74, 6) is -1.13. The van der Waals surface area contributed by atoms with Crippen molar-refractivity contribution in [2.75, 3.05) is 16.2 Å². The Labute approximate surface area is 179 Å². The second-order valence-electron chi connectivity index (χ2n) is 6.66. The Kier molecular flexibility index (Phi) is 5.50. The number of nitrogens with zero attached hydrogens (tertiary/aromatic N) is 2. The summed E-state index contributed by atoms with van der Waals surface area (Å²) >= 11 is 0. The molecule has 0 saturated heterocycles. The fraction of sp³-hybridized carbons (Fsp3) is 0.0455. The smallest absolute Gasteiger partial charge is 0.276 e. The summed E-state index contributed by atoms with van der Waals surface area (Å²) in [5.41, 5.74) is 3.85. The van der Waals surface area contributed by atoms with Crippen LogP contribution in [0.2, 0.25) is 0 Å². The molecule has 3 aromatic rings. The summed E-state index contributed by atoms with van der Waals surface area (Å²) in [4.78, 5) is 24.8. The van der Waals surface area contributed by atoms with Gasteiger partial charge in [-0.25, -0.2) is 13.8 Å². The summed E-state index contributed by atoms with van der Waals surface area (Å²) < 4.78 is 27.4. The third-order valence-corrected chi connectivity index (χ3v) is 6.39. The van der Waals surface area contributed by atoms with Crippen molar-refractivity contribution in [2.45, 2.75) is 4.90 Å². The van der Waals surface area contributed by atoms with E-state index in [0.29, 0.717) is 16.9 Å². The number of nitrogens with one attached hydrogen (secondary N) is 2. The van der Waals surface area contributed by atoms with Crippen LogP contribution in [-0.2, 0) is 19.6 Å². The highest BCUT2D eigenvalue weighted by Gasteiger charge is 2.28. The molecule has 0 bridgehead atoms. The van der Waals surface area contributed by atoms with E-state index in [2.05, 4.69) is 15.8 Å². The number of amides is 2. The molecule has 0 fully saturated rings. The zero-order chi connectivity index (χ0) is 21.8. The van der Waals surface area contributed by atoms with Crippen molar-refractivity contribution in [3.63, 3.8) is 0 Å². The number of anilines is 2. The lowest BCUT2D eigenvalue weighted by Gasteiger charge is -2.23. The molecule has 0 atom stereocenters. The number of carbonyl (C=O) groups excluding carboxylic acids is 2. The Balaban J connectivity index is 1.60. The molecular formula is C22H18N4O4S. The van der Waals surface area contributed by atoms with Crippen LogP contribution in [0.4, 0.5) is 11.4 Å². The lowest BCUT2D eigenvalue weighted by atomic mass is 10.1. The predicted octanol–water partition coefficient (Wildman–Crippen LogP) is 2.35. The zero-order valence-corrected chi connectivity index (χ0v) is 17.0. The van der Waals surface area contributed by atoms with Crippen molar-refractivity contribution in [3.05, 3.63) is 90.5 Å². The minimum Gasteiger partial charge on any atom is -0.320 e. The molecule has 0 aliphatic carbocycles. The quantitative estimate of drug-likeness (QED) is 0.581. The third kappa shape index (κ3) is 4.17. The molecule has 0 aromatic heterocycles. The molecule has 156 valence electrons. The number of sulfonamides is 1. The highest BCUT2D eigenvalue weighted by molar-refractivity contribution is 7.92. The molecule has 2 N–H and O–H groups in total. The molecule has 31 heavy (non-hydrogen) atoms. The van der Waals surface area contributed by atoms with Gasteiger partial charge < -0.3 is 5.32 Å². The van der Waals surface area contributed by atoms with E-state index in [1.807, 2.05) is 0 Å². The minimum absolute atomic E-state index is 0.0566. The van der Waals surface area contributed by atoms with Gasteiger partial charge in [0.2, 0.25) is 0 Å². The van der Waals surface area contributed by atoms with Gasteiger partial charge in [-0.1, -0.05) is 54.6 Å². The van der Waals surface area contributed by atoms with E-state index in [1.54, 1.807) is 72.8 Å². The van der Waals surface area contributed by atoms with Crippen molar-refractivity contribution < 1.29 is 18.0 Å². The molecule has 4 rings (SSSR count). The molecule has 0 spiro atoms. The number of fused-ring (bicyclic) bond motifs is 1. The van der Waals surface area contributed by atoms with Crippen LogP contribution in [0.15, 0.2) is 94.9 Å². The molecule has 0 saturated carbocycles. The largest absolute Gasteiger partial charge is 0.320 e. The lowest BCUT2D eigenvalue weighted by Crippen LogP contribution is -2.40. The molecule has 2 amide bonds. The van der Waals surface area contributed by atoms with Crippen LogP contribution in [0.1, 0.15) is 5.56 Å². The number of hydrogen-bond donors (Lipinski definition) is 2. The normalized spacial score (nSPS) is 14.1. The van der Waals surface area contributed by atoms with E-state index in [4.69, 9.17) is 0 Å². The van der Waals surface area contributed by atoms with Gasteiger partial charge in [0.05, 0.1) is 16.3 Å². The maximum absolute atomic E-state index is 13.2. The van der Waals surface area contributed by atoms with Gasteiger partial charge in [-0.2, -0.15) is 5.10 Å². The van der Waals surface area contributed by atoms with E-state index in [1.165, 1.54) is 12.1 Å². The molecule has 3 aromatic carbocycles. The molecule has 8 nitrogen and oxygen atoms in total. The highest BCUT2D eigenvalue weighted by atomic mass is 32.2. The summed E-state index contributed by atoms with van der Waals surface area (Å²) in [5, 5.41) is 6.59. The van der Waals surface area contributed by atoms with Gasteiger partial charge in [0, 0.05) is 5.56 Å². The fourth-order valence-electron chi connectivity index (χ4n) is 3.13. The summed E-state index contributed by atoms with van der Waals surface area (Å²) in [6.07, 6.45) is 0. The number of rotatable bonds is 6. The van der Waals surface area contributed by atoms with Gasteiger partial charge in [-0.15, -0.1) is 0 Å². The van der Waals surface area contributed by atoms with Crippen molar-refractivity contribution >= 4 is 38.9 Å². The lowest BCUT2D eigenvalue weighted by molar-refractivity contribution is -0.119. The molecular weight excluding hydrogens is 416 g/mol. The van der Waals surface area contributed by atoms with Gasteiger partial charge >= 0.3 is 0 Å². The summed E-state index contributed by atoms with van der Waals surface area (Å²) in [7, 11) is -4.00. The van der Waals surface area contributed by atoms with Crippen LogP contribution in [-0.4, -0.2) is 32.5 Å². The van der Waals surface area contributed by atoms with E-state index in [-0.39, 0.29) is 10.6 Å². The minimum atomic E-state index is -4.00. The van der Waals surface area contributed by atoms with Crippen LogP contribution in [0.3, 0.4) is 0 Å². The van der Waals surface area contributed by atoms with Gasteiger partial charge in [-0.05, 0) is 30.3 Å². The number of hydrazone groups is 1. The van der Waals surface area contributed by atoms with Crippen LogP contribution in [0.5, 0.6) is 0 Å². The third-order valence-electron chi connectivity index (χ3n) is 4.60. The Bertz CT molecular complexity index is 1260. The number of benzene rings is 3. The van der Waals surface area contributed by atoms with Crippen LogP contribution in [0.25, 0.3) is 0 Å². The van der Waals surface area contributed by atoms with Crippen molar-refractivity contribution in [1.29, 1.82) is 0 Å². The first-order valence-electron chi connectivity index (χ1n) is 9.37.